The van der Waals surface area contributed by atoms with Crippen LogP contribution in [0.4, 0.5) is 13.2 Å². The van der Waals surface area contributed by atoms with E-state index in [4.69, 9.17) is 23.2 Å². The average Bonchev–Trinajstić information content (AvgIpc) is 2.74. The average molecular weight is 471 g/mol. The number of carbonyl (C=O) groups is 1. The number of benzene rings is 2. The first kappa shape index (κ1) is 23.6. The van der Waals surface area contributed by atoms with Gasteiger partial charge in [-0.3, -0.25) is 10.1 Å². The first-order chi connectivity index (χ1) is 14.8. The van der Waals surface area contributed by atoms with Crippen LogP contribution in [0.15, 0.2) is 60.3 Å². The molecule has 1 N–H and O–H groups in total. The van der Waals surface area contributed by atoms with Gasteiger partial charge in [0.1, 0.15) is 0 Å². The highest BCUT2D eigenvalue weighted by Gasteiger charge is 2.41. The van der Waals surface area contributed by atoms with Crippen molar-refractivity contribution in [3.05, 3.63) is 81.5 Å². The van der Waals surface area contributed by atoms with Crippen LogP contribution in [0, 0.1) is 0 Å². The van der Waals surface area contributed by atoms with Crippen LogP contribution in [-0.2, 0) is 17.6 Å². The lowest BCUT2D eigenvalue weighted by Crippen LogP contribution is -2.47. The topological polar surface area (TPSA) is 32.3 Å². The molecule has 31 heavy (non-hydrogen) atoms. The number of Topliss-reactive ketones (excluding diaryl/α,β-unsaturated/α-hetero) is 1. The molecule has 2 aromatic rings. The third kappa shape index (κ3) is 6.48. The molecule has 3 nitrogen and oxygen atoms in total. The van der Waals surface area contributed by atoms with E-state index in [-0.39, 0.29) is 18.2 Å². The lowest BCUT2D eigenvalue weighted by molar-refractivity contribution is -0.167. The molecule has 1 aliphatic rings. The molecule has 2 aromatic carbocycles. The Balaban J connectivity index is 1.70. The Hall–Kier alpha value is -2.02. The lowest BCUT2D eigenvalue weighted by atomic mass is 10.00. The molecule has 3 rings (SSSR count). The van der Waals surface area contributed by atoms with E-state index in [0.717, 1.165) is 11.1 Å². The zero-order chi connectivity index (χ0) is 22.4. The molecule has 1 aliphatic heterocycles. The van der Waals surface area contributed by atoms with Gasteiger partial charge in [-0.25, -0.2) is 0 Å². The number of rotatable bonds is 8. The second-order valence-electron chi connectivity index (χ2n) is 7.41. The summed E-state index contributed by atoms with van der Waals surface area (Å²) >= 11 is 12.4. The maximum Gasteiger partial charge on any atom is 0.454 e. The fraction of sp³-hybridized carbons (Fsp3) is 0.348. The summed E-state index contributed by atoms with van der Waals surface area (Å²) in [5, 5.41) is 4.69. The van der Waals surface area contributed by atoms with E-state index in [1.54, 1.807) is 11.0 Å². The number of halogens is 5. The predicted molar refractivity (Wildman–Crippen MR) is 117 cm³/mol. The van der Waals surface area contributed by atoms with Gasteiger partial charge in [0, 0.05) is 34.9 Å². The summed E-state index contributed by atoms with van der Waals surface area (Å²) in [5.74, 6) is -1.77. The van der Waals surface area contributed by atoms with E-state index in [9.17, 15) is 18.0 Å². The van der Waals surface area contributed by atoms with E-state index in [0.29, 0.717) is 42.4 Å². The number of ketones is 1. The van der Waals surface area contributed by atoms with Gasteiger partial charge in [-0.15, -0.1) is 0 Å². The fourth-order valence-electron chi connectivity index (χ4n) is 3.63. The highest BCUT2D eigenvalue weighted by Crippen LogP contribution is 2.28. The van der Waals surface area contributed by atoms with Crippen LogP contribution >= 0.6 is 23.2 Å². The second kappa shape index (κ2) is 10.5. The molecule has 0 amide bonds. The molecule has 0 saturated carbocycles. The van der Waals surface area contributed by atoms with Crippen LogP contribution in [0.1, 0.15) is 24.0 Å². The van der Waals surface area contributed by atoms with Gasteiger partial charge in [-0.2, -0.15) is 13.2 Å². The van der Waals surface area contributed by atoms with Crippen LogP contribution in [0.2, 0.25) is 10.0 Å². The normalized spacial score (nSPS) is 16.9. The second-order valence-corrected chi connectivity index (χ2v) is 8.22. The largest absolute Gasteiger partial charge is 0.454 e. The summed E-state index contributed by atoms with van der Waals surface area (Å²) < 4.78 is 38.8. The SMILES string of the molecule is O=C(C1=CN(CCc2ccccc2Cl)C(NCCc2ccccc2Cl)CC1)C(F)(F)F. The lowest BCUT2D eigenvalue weighted by Gasteiger charge is -2.36. The molecule has 0 fully saturated rings. The zero-order valence-electron chi connectivity index (χ0n) is 16.8. The van der Waals surface area contributed by atoms with Crippen LogP contribution in [0.5, 0.6) is 0 Å². The number of nitrogens with zero attached hydrogens (tertiary/aromatic N) is 1. The molecule has 0 spiro atoms. The zero-order valence-corrected chi connectivity index (χ0v) is 18.3. The van der Waals surface area contributed by atoms with E-state index in [1.807, 2.05) is 42.5 Å². The van der Waals surface area contributed by atoms with Crippen molar-refractivity contribution in [2.45, 2.75) is 38.0 Å². The molecule has 0 bridgehead atoms. The van der Waals surface area contributed by atoms with Crippen molar-refractivity contribution < 1.29 is 18.0 Å². The minimum absolute atomic E-state index is 0.0741. The summed E-state index contributed by atoms with van der Waals surface area (Å²) in [6.45, 7) is 1.04. The summed E-state index contributed by atoms with van der Waals surface area (Å²) in [7, 11) is 0. The Bertz CT molecular complexity index is 946. The first-order valence-corrected chi connectivity index (χ1v) is 10.8. The molecule has 0 saturated heterocycles. The number of hydrogen-bond donors (Lipinski definition) is 1. The van der Waals surface area contributed by atoms with Crippen molar-refractivity contribution in [2.75, 3.05) is 13.1 Å². The number of carbonyl (C=O) groups excluding carboxylic acids is 1. The maximum atomic E-state index is 12.9. The van der Waals surface area contributed by atoms with Crippen molar-refractivity contribution in [3.63, 3.8) is 0 Å². The minimum atomic E-state index is -4.87. The van der Waals surface area contributed by atoms with Crippen molar-refractivity contribution >= 4 is 29.0 Å². The summed E-state index contributed by atoms with van der Waals surface area (Å²) in [6, 6.07) is 14.9. The predicted octanol–water partition coefficient (Wildman–Crippen LogP) is 5.81. The highest BCUT2D eigenvalue weighted by atomic mass is 35.5. The Labute approximate surface area is 189 Å². The van der Waals surface area contributed by atoms with E-state index < -0.39 is 12.0 Å². The molecule has 8 heteroatoms. The molecule has 0 aliphatic carbocycles. The number of hydrogen-bond acceptors (Lipinski definition) is 3. The molecule has 0 aromatic heterocycles. The van der Waals surface area contributed by atoms with E-state index >= 15 is 0 Å². The smallest absolute Gasteiger partial charge is 0.361 e. The molecule has 0 radical (unpaired) electrons. The van der Waals surface area contributed by atoms with Crippen molar-refractivity contribution in [1.29, 1.82) is 0 Å². The number of allylic oxidation sites excluding steroid dienone is 1. The third-order valence-electron chi connectivity index (χ3n) is 5.29. The van der Waals surface area contributed by atoms with E-state index in [2.05, 4.69) is 5.32 Å². The highest BCUT2D eigenvalue weighted by molar-refractivity contribution is 6.31. The van der Waals surface area contributed by atoms with Gasteiger partial charge >= 0.3 is 6.18 Å². The van der Waals surface area contributed by atoms with Crippen LogP contribution in [-0.4, -0.2) is 36.1 Å². The van der Waals surface area contributed by atoms with Gasteiger partial charge in [0.05, 0.1) is 6.17 Å². The van der Waals surface area contributed by atoms with Gasteiger partial charge in [-0.1, -0.05) is 59.6 Å². The van der Waals surface area contributed by atoms with Gasteiger partial charge in [0.25, 0.3) is 5.78 Å². The minimum Gasteiger partial charge on any atom is -0.361 e. The Morgan fingerprint density at radius 3 is 2.16 bits per heavy atom. The van der Waals surface area contributed by atoms with E-state index in [1.165, 1.54) is 6.20 Å². The van der Waals surface area contributed by atoms with Gasteiger partial charge in [0.2, 0.25) is 0 Å². The Kier molecular flexibility index (Phi) is 8.03. The molecule has 166 valence electrons. The third-order valence-corrected chi connectivity index (χ3v) is 6.02. The standard InChI is InChI=1S/C23H23Cl2F3N2O/c24-19-7-3-1-5-16(19)11-13-29-21-10-9-18(22(31)23(26,27)28)15-30(21)14-12-17-6-2-4-8-20(17)25/h1-8,15,21,29H,9-14H2. The molecule has 1 unspecified atom stereocenters. The van der Waals surface area contributed by atoms with Crippen LogP contribution in [0.3, 0.4) is 0 Å². The summed E-state index contributed by atoms with van der Waals surface area (Å²) in [4.78, 5) is 13.5. The summed E-state index contributed by atoms with van der Waals surface area (Å²) in [6.07, 6.45) is -1.99. The molecular formula is C23H23Cl2F3N2O. The monoisotopic (exact) mass is 470 g/mol. The molecular weight excluding hydrogens is 448 g/mol. The molecule has 1 heterocycles. The maximum absolute atomic E-state index is 12.9. The van der Waals surface area contributed by atoms with Gasteiger partial charge < -0.3 is 4.90 Å². The fourth-order valence-corrected chi connectivity index (χ4v) is 4.09. The van der Waals surface area contributed by atoms with Crippen LogP contribution < -0.4 is 5.32 Å². The van der Waals surface area contributed by atoms with Crippen LogP contribution in [0.25, 0.3) is 0 Å². The van der Waals surface area contributed by atoms with Crippen molar-refractivity contribution in [1.82, 2.24) is 10.2 Å². The quantitative estimate of drug-likeness (QED) is 0.528. The molecule has 1 atom stereocenters. The van der Waals surface area contributed by atoms with Crippen molar-refractivity contribution in [3.8, 4) is 0 Å². The Morgan fingerprint density at radius 2 is 1.58 bits per heavy atom. The summed E-state index contributed by atoms with van der Waals surface area (Å²) in [5.41, 5.74) is 1.69. The van der Waals surface area contributed by atoms with Gasteiger partial charge in [-0.05, 0) is 48.9 Å². The number of nitrogens with one attached hydrogen (secondary N) is 1. The first-order valence-electron chi connectivity index (χ1n) is 10.0. The Morgan fingerprint density at radius 1 is 1.00 bits per heavy atom. The van der Waals surface area contributed by atoms with Gasteiger partial charge in [0.15, 0.2) is 0 Å². The van der Waals surface area contributed by atoms with Crippen molar-refractivity contribution in [2.24, 2.45) is 0 Å². The number of alkyl halides is 3.